The van der Waals surface area contributed by atoms with Crippen molar-refractivity contribution in [3.63, 3.8) is 0 Å². The predicted octanol–water partition coefficient (Wildman–Crippen LogP) is 0.875. The van der Waals surface area contributed by atoms with Gasteiger partial charge in [0.1, 0.15) is 4.90 Å². The second kappa shape index (κ2) is 6.04. The Labute approximate surface area is 140 Å². The third-order valence-corrected chi connectivity index (χ3v) is 5.52. The van der Waals surface area contributed by atoms with Crippen molar-refractivity contribution in [1.29, 1.82) is 0 Å². The van der Waals surface area contributed by atoms with Crippen LogP contribution in [0.25, 0.3) is 0 Å². The molecule has 2 aromatic heterocycles. The van der Waals surface area contributed by atoms with Crippen LogP contribution in [0.2, 0.25) is 0 Å². The summed E-state index contributed by atoms with van der Waals surface area (Å²) in [6, 6.07) is 0. The predicted molar refractivity (Wildman–Crippen MR) is 87.5 cm³/mol. The van der Waals surface area contributed by atoms with E-state index >= 15 is 0 Å². The molecule has 0 aromatic carbocycles. The number of carbonyl (C=O) groups excluding carboxylic acids is 1. The average Bonchev–Trinajstić information content (AvgIpc) is 3.13. The van der Waals surface area contributed by atoms with Gasteiger partial charge in [-0.25, -0.2) is 8.42 Å². The number of nitrogens with zero attached hydrogens (tertiary/aromatic N) is 4. The van der Waals surface area contributed by atoms with Gasteiger partial charge in [-0.2, -0.15) is 10.2 Å². The lowest BCUT2D eigenvalue weighted by molar-refractivity contribution is 0.0704. The fourth-order valence-electron chi connectivity index (χ4n) is 3.25. The number of nitrogens with one attached hydrogen (secondary N) is 1. The van der Waals surface area contributed by atoms with E-state index in [1.54, 1.807) is 22.8 Å². The molecule has 2 aromatic rings. The fraction of sp³-hybridized carbons (Fsp3) is 0.533. The summed E-state index contributed by atoms with van der Waals surface area (Å²) in [6.45, 7) is 2.94. The van der Waals surface area contributed by atoms with Crippen LogP contribution in [0.5, 0.6) is 0 Å². The summed E-state index contributed by atoms with van der Waals surface area (Å²) in [6.07, 6.45) is 5.88. The molecule has 1 fully saturated rings. The molecule has 8 nitrogen and oxygen atoms in total. The van der Waals surface area contributed by atoms with Crippen molar-refractivity contribution < 1.29 is 13.2 Å². The maximum atomic E-state index is 12.8. The Balaban J connectivity index is 1.84. The maximum absolute atomic E-state index is 12.8. The van der Waals surface area contributed by atoms with Gasteiger partial charge in [0.15, 0.2) is 9.84 Å². The number of aryl methyl sites for hydroxylation is 2. The van der Waals surface area contributed by atoms with Gasteiger partial charge in [-0.1, -0.05) is 0 Å². The standard InChI is InChI=1S/C15H21N5O3S/c1-10-12(9-19(2)18-10)15(21)20-6-4-5-11(8-20)14-13(7-16-17-14)24(3,22)23/h7,9,11H,4-6,8H2,1-3H3,(H,16,17)/t11-/m1/s1. The molecule has 1 atom stereocenters. The van der Waals surface area contributed by atoms with Gasteiger partial charge in [-0.3, -0.25) is 14.6 Å². The van der Waals surface area contributed by atoms with Gasteiger partial charge in [0.05, 0.1) is 23.1 Å². The first kappa shape index (κ1) is 16.7. The zero-order valence-electron chi connectivity index (χ0n) is 14.0. The topological polar surface area (TPSA) is 101 Å². The third-order valence-electron chi connectivity index (χ3n) is 4.39. The number of sulfone groups is 1. The van der Waals surface area contributed by atoms with Crippen LogP contribution in [0.4, 0.5) is 0 Å². The lowest BCUT2D eigenvalue weighted by Gasteiger charge is -2.32. The maximum Gasteiger partial charge on any atom is 0.257 e. The van der Waals surface area contributed by atoms with Gasteiger partial charge in [0, 0.05) is 38.5 Å². The van der Waals surface area contributed by atoms with Gasteiger partial charge < -0.3 is 4.90 Å². The highest BCUT2D eigenvalue weighted by Crippen LogP contribution is 2.30. The van der Waals surface area contributed by atoms with Crippen molar-refractivity contribution in [2.45, 2.75) is 30.6 Å². The van der Waals surface area contributed by atoms with Crippen LogP contribution in [0.1, 0.15) is 40.5 Å². The molecular weight excluding hydrogens is 330 g/mol. The molecule has 0 bridgehead atoms. The molecule has 3 rings (SSSR count). The summed E-state index contributed by atoms with van der Waals surface area (Å²) < 4.78 is 25.4. The van der Waals surface area contributed by atoms with Crippen LogP contribution in [0.15, 0.2) is 17.3 Å². The Bertz CT molecular complexity index is 868. The molecule has 0 aliphatic carbocycles. The minimum absolute atomic E-state index is 0.0631. The molecule has 1 aliphatic heterocycles. The average molecular weight is 351 g/mol. The number of aromatic nitrogens is 4. The van der Waals surface area contributed by atoms with E-state index in [0.29, 0.717) is 30.0 Å². The summed E-state index contributed by atoms with van der Waals surface area (Å²) in [5.41, 5.74) is 1.88. The Morgan fingerprint density at radius 3 is 2.79 bits per heavy atom. The third kappa shape index (κ3) is 3.08. The minimum Gasteiger partial charge on any atom is -0.338 e. The number of aromatic amines is 1. The molecule has 24 heavy (non-hydrogen) atoms. The van der Waals surface area contributed by atoms with Crippen LogP contribution >= 0.6 is 0 Å². The molecule has 1 N–H and O–H groups in total. The highest BCUT2D eigenvalue weighted by Gasteiger charge is 2.31. The quantitative estimate of drug-likeness (QED) is 0.884. The SMILES string of the molecule is Cc1nn(C)cc1C(=O)N1CCC[C@@H](c2[nH]ncc2S(C)(=O)=O)C1. The number of rotatable bonds is 3. The molecule has 1 amide bonds. The molecule has 3 heterocycles. The van der Waals surface area contributed by atoms with Crippen LogP contribution < -0.4 is 0 Å². The Morgan fingerprint density at radius 1 is 1.42 bits per heavy atom. The highest BCUT2D eigenvalue weighted by atomic mass is 32.2. The smallest absolute Gasteiger partial charge is 0.257 e. The van der Waals surface area contributed by atoms with Crippen molar-refractivity contribution in [2.75, 3.05) is 19.3 Å². The van der Waals surface area contributed by atoms with Gasteiger partial charge in [0.25, 0.3) is 5.91 Å². The number of carbonyl (C=O) groups is 1. The lowest BCUT2D eigenvalue weighted by atomic mass is 9.94. The van der Waals surface area contributed by atoms with Crippen molar-refractivity contribution in [3.05, 3.63) is 29.3 Å². The van der Waals surface area contributed by atoms with Crippen molar-refractivity contribution >= 4 is 15.7 Å². The fourth-order valence-corrected chi connectivity index (χ4v) is 4.11. The molecule has 130 valence electrons. The Kier molecular flexibility index (Phi) is 4.20. The van der Waals surface area contributed by atoms with E-state index in [0.717, 1.165) is 12.8 Å². The normalized spacial score (nSPS) is 18.8. The number of hydrogen-bond acceptors (Lipinski definition) is 5. The van der Waals surface area contributed by atoms with Gasteiger partial charge in [-0.05, 0) is 19.8 Å². The van der Waals surface area contributed by atoms with Crippen molar-refractivity contribution in [3.8, 4) is 0 Å². The van der Waals surface area contributed by atoms with Crippen LogP contribution in [-0.2, 0) is 16.9 Å². The van der Waals surface area contributed by atoms with E-state index in [4.69, 9.17) is 0 Å². The largest absolute Gasteiger partial charge is 0.338 e. The molecule has 9 heteroatoms. The molecule has 0 spiro atoms. The number of H-pyrrole nitrogens is 1. The molecule has 1 aliphatic rings. The molecule has 1 saturated heterocycles. The van der Waals surface area contributed by atoms with Crippen LogP contribution in [0.3, 0.4) is 0 Å². The summed E-state index contributed by atoms with van der Waals surface area (Å²) in [7, 11) is -1.56. The minimum atomic E-state index is -3.34. The van der Waals surface area contributed by atoms with Crippen LogP contribution in [-0.4, -0.2) is 58.5 Å². The summed E-state index contributed by atoms with van der Waals surface area (Å²) >= 11 is 0. The summed E-state index contributed by atoms with van der Waals surface area (Å²) in [4.78, 5) is 14.7. The second-order valence-corrected chi connectivity index (χ2v) is 8.30. The van der Waals surface area contributed by atoms with E-state index in [1.165, 1.54) is 12.5 Å². The summed E-state index contributed by atoms with van der Waals surface area (Å²) in [5, 5.41) is 10.9. The Morgan fingerprint density at radius 2 is 2.17 bits per heavy atom. The lowest BCUT2D eigenvalue weighted by Crippen LogP contribution is -2.39. The number of likely N-dealkylation sites (tertiary alicyclic amines) is 1. The molecule has 0 radical (unpaired) electrons. The van der Waals surface area contributed by atoms with Crippen molar-refractivity contribution in [1.82, 2.24) is 24.9 Å². The van der Waals surface area contributed by atoms with Crippen LogP contribution in [0, 0.1) is 6.92 Å². The van der Waals surface area contributed by atoms with Crippen molar-refractivity contribution in [2.24, 2.45) is 7.05 Å². The van der Waals surface area contributed by atoms with E-state index < -0.39 is 9.84 Å². The Hall–Kier alpha value is -2.16. The molecule has 0 saturated carbocycles. The first-order valence-corrected chi connectivity index (χ1v) is 9.69. The first-order chi connectivity index (χ1) is 11.3. The zero-order chi connectivity index (χ0) is 17.5. The van der Waals surface area contributed by atoms with Gasteiger partial charge in [-0.15, -0.1) is 0 Å². The number of amides is 1. The monoisotopic (exact) mass is 351 g/mol. The van der Waals surface area contributed by atoms with E-state index in [9.17, 15) is 13.2 Å². The van der Waals surface area contributed by atoms with E-state index in [-0.39, 0.29) is 16.7 Å². The molecule has 0 unspecified atom stereocenters. The van der Waals surface area contributed by atoms with Gasteiger partial charge >= 0.3 is 0 Å². The zero-order valence-corrected chi connectivity index (χ0v) is 14.8. The van der Waals surface area contributed by atoms with E-state index in [2.05, 4.69) is 15.3 Å². The number of piperidine rings is 1. The second-order valence-electron chi connectivity index (χ2n) is 6.31. The van der Waals surface area contributed by atoms with Gasteiger partial charge in [0.2, 0.25) is 0 Å². The molecular formula is C15H21N5O3S. The first-order valence-electron chi connectivity index (χ1n) is 7.80. The highest BCUT2D eigenvalue weighted by molar-refractivity contribution is 7.90. The van der Waals surface area contributed by atoms with E-state index in [1.807, 2.05) is 6.92 Å². The summed E-state index contributed by atoms with van der Waals surface area (Å²) in [5.74, 6) is -0.127. The number of hydrogen-bond donors (Lipinski definition) is 1.